The second-order valence-electron chi connectivity index (χ2n) is 3.70. The van der Waals surface area contributed by atoms with Crippen LogP contribution in [0.2, 0.25) is 0 Å². The summed E-state index contributed by atoms with van der Waals surface area (Å²) in [5.41, 5.74) is 2.81. The number of aliphatic hydroxyl groups is 1. The quantitative estimate of drug-likeness (QED) is 0.858. The van der Waals surface area contributed by atoms with Crippen LogP contribution in [0.1, 0.15) is 24.3 Å². The van der Waals surface area contributed by atoms with Gasteiger partial charge in [0.1, 0.15) is 0 Å². The van der Waals surface area contributed by atoms with Gasteiger partial charge in [-0.3, -0.25) is 4.98 Å². The highest BCUT2D eigenvalue weighted by Crippen LogP contribution is 2.24. The molecule has 0 bridgehead atoms. The topological polar surface area (TPSA) is 33.1 Å². The van der Waals surface area contributed by atoms with Gasteiger partial charge >= 0.3 is 0 Å². The Bertz CT molecular complexity index is 508. The Balaban J connectivity index is 2.71. The minimum absolute atomic E-state index is 0.520. The van der Waals surface area contributed by atoms with E-state index in [2.05, 4.69) is 33.9 Å². The summed E-state index contributed by atoms with van der Waals surface area (Å²) in [6.45, 7) is 3.77. The fourth-order valence-corrected chi connectivity index (χ4v) is 2.18. The lowest BCUT2D eigenvalue weighted by molar-refractivity contribution is 0.195. The summed E-state index contributed by atoms with van der Waals surface area (Å²) in [6, 6.07) is 7.90. The Hall–Kier alpha value is -0.930. The van der Waals surface area contributed by atoms with E-state index in [9.17, 15) is 5.11 Å². The first-order valence-corrected chi connectivity index (χ1v) is 5.62. The summed E-state index contributed by atoms with van der Waals surface area (Å²) in [5.74, 6) is 0. The van der Waals surface area contributed by atoms with Crippen LogP contribution >= 0.6 is 15.9 Å². The highest BCUT2D eigenvalue weighted by Gasteiger charge is 2.05. The van der Waals surface area contributed by atoms with Gasteiger partial charge in [-0.15, -0.1) is 0 Å². The maximum atomic E-state index is 9.45. The smallest absolute Gasteiger partial charge is 0.0932 e. The molecular weight excluding hydrogens is 254 g/mol. The molecule has 0 saturated carbocycles. The molecule has 0 aliphatic heterocycles. The number of nitrogens with zero attached hydrogens (tertiary/aromatic N) is 1. The summed E-state index contributed by atoms with van der Waals surface area (Å²) in [7, 11) is 0. The van der Waals surface area contributed by atoms with Crippen molar-refractivity contribution < 1.29 is 5.11 Å². The molecule has 1 atom stereocenters. The monoisotopic (exact) mass is 265 g/mol. The maximum absolute atomic E-state index is 9.45. The van der Waals surface area contributed by atoms with Gasteiger partial charge < -0.3 is 5.11 Å². The lowest BCUT2D eigenvalue weighted by Crippen LogP contribution is -1.95. The van der Waals surface area contributed by atoms with E-state index in [0.717, 1.165) is 15.4 Å². The Morgan fingerprint density at radius 3 is 2.73 bits per heavy atom. The molecule has 2 nitrogen and oxygen atoms in total. The van der Waals surface area contributed by atoms with E-state index in [-0.39, 0.29) is 0 Å². The summed E-state index contributed by atoms with van der Waals surface area (Å²) >= 11 is 3.44. The van der Waals surface area contributed by atoms with Gasteiger partial charge in [0.25, 0.3) is 0 Å². The van der Waals surface area contributed by atoms with Crippen molar-refractivity contribution >= 4 is 26.8 Å². The number of aromatic nitrogens is 1. The van der Waals surface area contributed by atoms with E-state index in [1.165, 1.54) is 5.56 Å². The van der Waals surface area contributed by atoms with E-state index in [1.807, 2.05) is 18.2 Å². The predicted molar refractivity (Wildman–Crippen MR) is 64.8 cm³/mol. The van der Waals surface area contributed by atoms with Gasteiger partial charge in [0.2, 0.25) is 0 Å². The van der Waals surface area contributed by atoms with Crippen molar-refractivity contribution in [2.75, 3.05) is 0 Å². The van der Waals surface area contributed by atoms with Gasteiger partial charge in [-0.05, 0) is 37.6 Å². The second kappa shape index (κ2) is 3.91. The number of rotatable bonds is 1. The van der Waals surface area contributed by atoms with Crippen molar-refractivity contribution in [3.8, 4) is 0 Å². The van der Waals surface area contributed by atoms with Crippen LogP contribution in [0.15, 0.2) is 28.7 Å². The van der Waals surface area contributed by atoms with Gasteiger partial charge in [-0.25, -0.2) is 0 Å². The molecule has 0 fully saturated rings. The van der Waals surface area contributed by atoms with E-state index in [0.29, 0.717) is 5.69 Å². The molecule has 2 aromatic rings. The number of aryl methyl sites for hydroxylation is 1. The molecule has 0 spiro atoms. The van der Waals surface area contributed by atoms with Gasteiger partial charge in [0.05, 0.1) is 17.3 Å². The third-order valence-corrected chi connectivity index (χ3v) is 2.89. The Morgan fingerprint density at radius 2 is 2.07 bits per heavy atom. The van der Waals surface area contributed by atoms with Crippen LogP contribution in [0, 0.1) is 6.92 Å². The van der Waals surface area contributed by atoms with Crippen molar-refractivity contribution in [3.05, 3.63) is 40.0 Å². The number of pyridine rings is 1. The molecule has 0 aliphatic rings. The Labute approximate surface area is 97.1 Å². The van der Waals surface area contributed by atoms with Gasteiger partial charge in [-0.2, -0.15) is 0 Å². The molecule has 1 heterocycles. The number of hydrogen-bond donors (Lipinski definition) is 1. The lowest BCUT2D eigenvalue weighted by atomic mass is 10.1. The SMILES string of the molecule is Cc1cc(Br)cc2nc(C(C)O)ccc12. The highest BCUT2D eigenvalue weighted by atomic mass is 79.9. The standard InChI is InChI=1S/C12H12BrNO/c1-7-5-9(13)6-12-10(7)3-4-11(14-12)8(2)15/h3-6,8,15H,1-2H3. The number of aliphatic hydroxyl groups excluding tert-OH is 1. The molecular formula is C12H12BrNO. The van der Waals surface area contributed by atoms with Gasteiger partial charge in [0.15, 0.2) is 0 Å². The summed E-state index contributed by atoms with van der Waals surface area (Å²) in [5, 5.41) is 10.6. The first kappa shape index (κ1) is 10.6. The van der Waals surface area contributed by atoms with Crippen LogP contribution in [0.25, 0.3) is 10.9 Å². The van der Waals surface area contributed by atoms with E-state index in [1.54, 1.807) is 6.92 Å². The third-order valence-electron chi connectivity index (χ3n) is 2.43. The number of fused-ring (bicyclic) bond motifs is 1. The summed E-state index contributed by atoms with van der Waals surface area (Å²) < 4.78 is 1.02. The van der Waals surface area contributed by atoms with Crippen LogP contribution < -0.4 is 0 Å². The molecule has 0 amide bonds. The molecule has 2 rings (SSSR count). The molecule has 1 N–H and O–H groups in total. The average Bonchev–Trinajstić information content (AvgIpc) is 2.16. The number of hydrogen-bond acceptors (Lipinski definition) is 2. The zero-order chi connectivity index (χ0) is 11.0. The van der Waals surface area contributed by atoms with Crippen molar-refractivity contribution in [2.24, 2.45) is 0 Å². The molecule has 0 radical (unpaired) electrons. The summed E-state index contributed by atoms with van der Waals surface area (Å²) in [6.07, 6.45) is -0.520. The van der Waals surface area contributed by atoms with Gasteiger partial charge in [0, 0.05) is 9.86 Å². The molecule has 1 aromatic carbocycles. The van der Waals surface area contributed by atoms with Crippen molar-refractivity contribution in [1.82, 2.24) is 4.98 Å². The highest BCUT2D eigenvalue weighted by molar-refractivity contribution is 9.10. The fourth-order valence-electron chi connectivity index (χ4n) is 1.62. The van der Waals surface area contributed by atoms with E-state index >= 15 is 0 Å². The molecule has 15 heavy (non-hydrogen) atoms. The number of benzene rings is 1. The normalized spacial score (nSPS) is 13.1. The largest absolute Gasteiger partial charge is 0.387 e. The van der Waals surface area contributed by atoms with E-state index in [4.69, 9.17) is 0 Å². The van der Waals surface area contributed by atoms with Gasteiger partial charge in [-0.1, -0.05) is 22.0 Å². The van der Waals surface area contributed by atoms with E-state index < -0.39 is 6.10 Å². The fraction of sp³-hybridized carbons (Fsp3) is 0.250. The first-order valence-electron chi connectivity index (χ1n) is 4.83. The van der Waals surface area contributed by atoms with Crippen LogP contribution in [-0.4, -0.2) is 10.1 Å². The van der Waals surface area contributed by atoms with Crippen LogP contribution in [0.3, 0.4) is 0 Å². The van der Waals surface area contributed by atoms with Crippen molar-refractivity contribution in [2.45, 2.75) is 20.0 Å². The second-order valence-corrected chi connectivity index (χ2v) is 4.62. The minimum atomic E-state index is -0.520. The van der Waals surface area contributed by atoms with Crippen LogP contribution in [0.5, 0.6) is 0 Å². The average molecular weight is 266 g/mol. The molecule has 0 saturated heterocycles. The first-order chi connectivity index (χ1) is 7.08. The number of halogens is 1. The summed E-state index contributed by atoms with van der Waals surface area (Å²) in [4.78, 5) is 4.42. The lowest BCUT2D eigenvalue weighted by Gasteiger charge is -2.07. The zero-order valence-electron chi connectivity index (χ0n) is 8.66. The zero-order valence-corrected chi connectivity index (χ0v) is 10.2. The van der Waals surface area contributed by atoms with Crippen LogP contribution in [-0.2, 0) is 0 Å². The van der Waals surface area contributed by atoms with Crippen molar-refractivity contribution in [3.63, 3.8) is 0 Å². The van der Waals surface area contributed by atoms with Crippen molar-refractivity contribution in [1.29, 1.82) is 0 Å². The molecule has 1 unspecified atom stereocenters. The third kappa shape index (κ3) is 2.03. The molecule has 78 valence electrons. The molecule has 3 heteroatoms. The Kier molecular flexibility index (Phi) is 2.76. The predicted octanol–water partition coefficient (Wildman–Crippen LogP) is 3.36. The maximum Gasteiger partial charge on any atom is 0.0932 e. The molecule has 0 aliphatic carbocycles. The van der Waals surface area contributed by atoms with Crippen LogP contribution in [0.4, 0.5) is 0 Å². The minimum Gasteiger partial charge on any atom is -0.387 e. The molecule has 1 aromatic heterocycles. The Morgan fingerprint density at radius 1 is 1.33 bits per heavy atom.